The zero-order valence-electron chi connectivity index (χ0n) is 24.4. The van der Waals surface area contributed by atoms with Gasteiger partial charge in [0.2, 0.25) is 17.7 Å². The van der Waals surface area contributed by atoms with E-state index >= 15 is 0 Å². The summed E-state index contributed by atoms with van der Waals surface area (Å²) in [6.45, 7) is 4.80. The number of halogens is 1. The number of ether oxygens (including phenoxy) is 1. The summed E-state index contributed by atoms with van der Waals surface area (Å²) < 4.78 is 20.2. The second kappa shape index (κ2) is 12.0. The number of carbonyl (C=O) groups excluding carboxylic acids is 3. The van der Waals surface area contributed by atoms with Crippen LogP contribution in [0.2, 0.25) is 0 Å². The fraction of sp³-hybridized carbons (Fsp3) is 0.545. The Hall–Kier alpha value is -3.46. The van der Waals surface area contributed by atoms with E-state index in [9.17, 15) is 18.8 Å². The van der Waals surface area contributed by atoms with Crippen molar-refractivity contribution in [2.45, 2.75) is 58.6 Å². The summed E-state index contributed by atoms with van der Waals surface area (Å²) in [6.07, 6.45) is 6.88. The Morgan fingerprint density at radius 1 is 0.976 bits per heavy atom. The summed E-state index contributed by atoms with van der Waals surface area (Å²) in [6, 6.07) is 12.0. The molecular formula is C33H41FN4O4. The van der Waals surface area contributed by atoms with Crippen LogP contribution in [-0.4, -0.2) is 60.2 Å². The zero-order valence-corrected chi connectivity index (χ0v) is 24.4. The first-order chi connectivity index (χ1) is 20.2. The first-order valence-electron chi connectivity index (χ1n) is 15.3. The van der Waals surface area contributed by atoms with Crippen molar-refractivity contribution >= 4 is 23.4 Å². The van der Waals surface area contributed by atoms with Crippen molar-refractivity contribution in [3.8, 4) is 5.75 Å². The molecule has 1 saturated heterocycles. The summed E-state index contributed by atoms with van der Waals surface area (Å²) in [7, 11) is 0. The quantitative estimate of drug-likeness (QED) is 0.439. The van der Waals surface area contributed by atoms with Crippen LogP contribution in [0, 0.1) is 29.0 Å². The lowest BCUT2D eigenvalue weighted by Gasteiger charge is -2.38. The van der Waals surface area contributed by atoms with Gasteiger partial charge in [-0.25, -0.2) is 4.39 Å². The summed E-state index contributed by atoms with van der Waals surface area (Å²) in [5.74, 6) is 2.63. The standard InChI is InChI=1S/C33H41FN4O4/c1-22(39)36-29-5-2-23(3-6-29)21-42-30-7-4-28(34)14-27(30)20-37-8-10-38(11-9-37)32(41)19-35-31(40)18-33-15-24-12-25(16-33)26(13-24)17-33/h2-7,14,24-26H,8-13,15-21H2,1H3,(H,35,40)(H,36,39). The molecule has 4 bridgehead atoms. The van der Waals surface area contributed by atoms with Gasteiger partial charge in [-0.3, -0.25) is 19.3 Å². The van der Waals surface area contributed by atoms with Crippen molar-refractivity contribution < 1.29 is 23.5 Å². The maximum atomic E-state index is 14.2. The van der Waals surface area contributed by atoms with E-state index < -0.39 is 0 Å². The van der Waals surface area contributed by atoms with Crippen LogP contribution in [0.4, 0.5) is 10.1 Å². The monoisotopic (exact) mass is 576 g/mol. The van der Waals surface area contributed by atoms with E-state index in [2.05, 4.69) is 15.5 Å². The summed E-state index contributed by atoms with van der Waals surface area (Å²) in [5.41, 5.74) is 2.59. The normalized spacial score (nSPS) is 26.3. The number of carbonyl (C=O) groups is 3. The third kappa shape index (κ3) is 6.61. The molecule has 2 unspecified atom stereocenters. The number of hydrogen-bond acceptors (Lipinski definition) is 5. The number of amides is 3. The number of nitrogens with zero attached hydrogens (tertiary/aromatic N) is 2. The van der Waals surface area contributed by atoms with E-state index in [0.717, 1.165) is 34.6 Å². The lowest BCUT2D eigenvalue weighted by molar-refractivity contribution is -0.135. The van der Waals surface area contributed by atoms with Crippen LogP contribution >= 0.6 is 0 Å². The van der Waals surface area contributed by atoms with E-state index in [0.29, 0.717) is 51.5 Å². The van der Waals surface area contributed by atoms with Gasteiger partial charge in [-0.05, 0) is 91.2 Å². The van der Waals surface area contributed by atoms with Crippen molar-refractivity contribution in [2.24, 2.45) is 23.2 Å². The van der Waals surface area contributed by atoms with Gasteiger partial charge in [0.25, 0.3) is 0 Å². The van der Waals surface area contributed by atoms with E-state index in [-0.39, 0.29) is 35.5 Å². The molecule has 9 heteroatoms. The molecule has 0 aromatic heterocycles. The van der Waals surface area contributed by atoms with E-state index in [1.165, 1.54) is 51.2 Å². The first kappa shape index (κ1) is 28.6. The highest BCUT2D eigenvalue weighted by Gasteiger charge is 2.56. The maximum absolute atomic E-state index is 14.2. The van der Waals surface area contributed by atoms with Gasteiger partial charge in [0, 0.05) is 57.3 Å². The molecule has 2 aromatic carbocycles. The van der Waals surface area contributed by atoms with Crippen molar-refractivity contribution in [3.63, 3.8) is 0 Å². The van der Waals surface area contributed by atoms with Gasteiger partial charge >= 0.3 is 0 Å². The minimum Gasteiger partial charge on any atom is -0.489 e. The second-order valence-electron chi connectivity index (χ2n) is 13.0. The highest BCUT2D eigenvalue weighted by Crippen LogP contribution is 2.65. The fourth-order valence-electron chi connectivity index (χ4n) is 8.14. The Bertz CT molecular complexity index is 1300. The third-order valence-electron chi connectivity index (χ3n) is 9.83. The molecule has 5 aliphatic rings. The van der Waals surface area contributed by atoms with Crippen LogP contribution in [-0.2, 0) is 27.5 Å². The van der Waals surface area contributed by atoms with Crippen LogP contribution < -0.4 is 15.4 Å². The smallest absolute Gasteiger partial charge is 0.242 e. The Labute approximate surface area is 247 Å². The predicted octanol–water partition coefficient (Wildman–Crippen LogP) is 4.34. The summed E-state index contributed by atoms with van der Waals surface area (Å²) in [5, 5.41) is 5.66. The highest BCUT2D eigenvalue weighted by molar-refractivity contribution is 5.88. The molecule has 0 radical (unpaired) electrons. The van der Waals surface area contributed by atoms with Crippen LogP contribution in [0.25, 0.3) is 0 Å². The summed E-state index contributed by atoms with van der Waals surface area (Å²) in [4.78, 5) is 40.9. The topological polar surface area (TPSA) is 91.0 Å². The number of nitrogens with one attached hydrogen (secondary N) is 2. The van der Waals surface area contributed by atoms with Gasteiger partial charge in [0.1, 0.15) is 18.2 Å². The van der Waals surface area contributed by atoms with Crippen molar-refractivity contribution in [2.75, 3.05) is 38.0 Å². The molecule has 1 aliphatic heterocycles. The van der Waals surface area contributed by atoms with Crippen LogP contribution in [0.3, 0.4) is 0 Å². The number of rotatable bonds is 10. The first-order valence-corrected chi connectivity index (χ1v) is 15.3. The van der Waals surface area contributed by atoms with Crippen molar-refractivity contribution in [1.82, 2.24) is 15.1 Å². The molecule has 4 aliphatic carbocycles. The molecule has 1 heterocycles. The van der Waals surface area contributed by atoms with Gasteiger partial charge in [0.15, 0.2) is 0 Å². The zero-order chi connectivity index (χ0) is 29.3. The molecule has 4 saturated carbocycles. The number of benzene rings is 2. The van der Waals surface area contributed by atoms with Crippen molar-refractivity contribution in [1.29, 1.82) is 0 Å². The average molecular weight is 577 g/mol. The van der Waals surface area contributed by atoms with Gasteiger partial charge in [-0.15, -0.1) is 0 Å². The van der Waals surface area contributed by atoms with Crippen LogP contribution in [0.15, 0.2) is 42.5 Å². The molecule has 7 rings (SSSR count). The molecule has 2 aromatic rings. The SMILES string of the molecule is CC(=O)Nc1ccc(COc2ccc(F)cc2CN2CCN(C(=O)CNC(=O)CC34CC5CC(C3)C(C5)C4)CC2)cc1. The van der Waals surface area contributed by atoms with Gasteiger partial charge in [-0.1, -0.05) is 12.1 Å². The van der Waals surface area contributed by atoms with Crippen LogP contribution in [0.5, 0.6) is 5.75 Å². The predicted molar refractivity (Wildman–Crippen MR) is 157 cm³/mol. The Balaban J connectivity index is 0.950. The number of hydrogen-bond donors (Lipinski definition) is 2. The Morgan fingerprint density at radius 3 is 2.36 bits per heavy atom. The molecule has 8 nitrogen and oxygen atoms in total. The lowest BCUT2D eigenvalue weighted by atomic mass is 9.67. The van der Waals surface area contributed by atoms with Crippen LogP contribution in [0.1, 0.15) is 56.6 Å². The molecule has 0 spiro atoms. The van der Waals surface area contributed by atoms with Gasteiger partial charge < -0.3 is 20.3 Å². The Kier molecular flexibility index (Phi) is 8.21. The minimum atomic E-state index is -0.320. The molecular weight excluding hydrogens is 535 g/mol. The van der Waals surface area contributed by atoms with E-state index in [1.54, 1.807) is 6.07 Å². The molecule has 42 heavy (non-hydrogen) atoms. The second-order valence-corrected chi connectivity index (χ2v) is 13.0. The summed E-state index contributed by atoms with van der Waals surface area (Å²) >= 11 is 0. The van der Waals surface area contributed by atoms with Gasteiger partial charge in [-0.2, -0.15) is 0 Å². The van der Waals surface area contributed by atoms with Gasteiger partial charge in [0.05, 0.1) is 6.54 Å². The average Bonchev–Trinajstić information content (AvgIpc) is 3.37. The van der Waals surface area contributed by atoms with E-state index in [4.69, 9.17) is 4.74 Å². The highest BCUT2D eigenvalue weighted by atomic mass is 19.1. The van der Waals surface area contributed by atoms with Crippen molar-refractivity contribution in [3.05, 3.63) is 59.4 Å². The minimum absolute atomic E-state index is 0.0197. The lowest BCUT2D eigenvalue weighted by Crippen LogP contribution is -2.51. The maximum Gasteiger partial charge on any atom is 0.242 e. The number of anilines is 1. The molecule has 2 N–H and O–H groups in total. The molecule has 5 fully saturated rings. The molecule has 2 atom stereocenters. The van der Waals surface area contributed by atoms with E-state index in [1.807, 2.05) is 29.2 Å². The third-order valence-corrected chi connectivity index (χ3v) is 9.83. The molecule has 3 amide bonds. The fourth-order valence-corrected chi connectivity index (χ4v) is 8.14. The molecule has 224 valence electrons. The number of piperazine rings is 1. The largest absolute Gasteiger partial charge is 0.489 e. The Morgan fingerprint density at radius 2 is 1.69 bits per heavy atom.